The third-order valence-electron chi connectivity index (χ3n) is 3.24. The van der Waals surface area contributed by atoms with Crippen LogP contribution in [0.25, 0.3) is 17.1 Å². The average molecular weight is 264 g/mol. The maximum atomic E-state index is 4.21. The molecule has 0 saturated carbocycles. The number of hydrogen-bond donors (Lipinski definition) is 0. The van der Waals surface area contributed by atoms with Crippen molar-refractivity contribution in [2.24, 2.45) is 0 Å². The van der Waals surface area contributed by atoms with Crippen molar-refractivity contribution >= 4 is 0 Å². The Balaban J connectivity index is 1.97. The molecule has 0 aliphatic heterocycles. The summed E-state index contributed by atoms with van der Waals surface area (Å²) in [7, 11) is 0. The van der Waals surface area contributed by atoms with Crippen molar-refractivity contribution in [3.05, 3.63) is 60.7 Å². The Morgan fingerprint density at radius 2 is 1.75 bits per heavy atom. The first kappa shape index (κ1) is 12.5. The predicted molar refractivity (Wildman–Crippen MR) is 78.6 cm³/mol. The summed E-state index contributed by atoms with van der Waals surface area (Å²) < 4.78 is 1.99. The minimum absolute atomic E-state index is 0.829. The van der Waals surface area contributed by atoms with Crippen LogP contribution in [-0.4, -0.2) is 19.7 Å². The summed E-state index contributed by atoms with van der Waals surface area (Å²) in [5.74, 6) is 0.829. The van der Waals surface area contributed by atoms with E-state index in [2.05, 4.69) is 46.4 Å². The highest BCUT2D eigenvalue weighted by Crippen LogP contribution is 2.20. The first-order chi connectivity index (χ1) is 9.88. The van der Waals surface area contributed by atoms with E-state index in [0.717, 1.165) is 29.9 Å². The highest BCUT2D eigenvalue weighted by Gasteiger charge is 2.08. The largest absolute Gasteiger partial charge is 0.282 e. The Kier molecular flexibility index (Phi) is 3.54. The number of benzene rings is 1. The standard InChI is InChI=1S/C16H16N4/c1-2-3-13-4-6-15(7-5-13)20-12-18-19-16(20)14-8-10-17-11-9-14/h4-12H,2-3H2,1H3. The van der Waals surface area contributed by atoms with Gasteiger partial charge in [0.15, 0.2) is 5.82 Å². The minimum atomic E-state index is 0.829. The lowest BCUT2D eigenvalue weighted by molar-refractivity contribution is 0.919. The van der Waals surface area contributed by atoms with Gasteiger partial charge in [-0.3, -0.25) is 9.55 Å². The number of aromatic nitrogens is 4. The first-order valence-corrected chi connectivity index (χ1v) is 6.78. The monoisotopic (exact) mass is 264 g/mol. The fourth-order valence-corrected chi connectivity index (χ4v) is 2.23. The molecule has 4 heteroatoms. The van der Waals surface area contributed by atoms with Crippen LogP contribution >= 0.6 is 0 Å². The SMILES string of the molecule is CCCc1ccc(-n2cnnc2-c2ccncc2)cc1. The number of nitrogens with zero attached hydrogens (tertiary/aromatic N) is 4. The zero-order valence-electron chi connectivity index (χ0n) is 11.4. The molecule has 100 valence electrons. The van der Waals surface area contributed by atoms with Crippen LogP contribution in [0, 0.1) is 0 Å². The van der Waals surface area contributed by atoms with Gasteiger partial charge in [-0.25, -0.2) is 0 Å². The highest BCUT2D eigenvalue weighted by atomic mass is 15.3. The van der Waals surface area contributed by atoms with Gasteiger partial charge in [-0.2, -0.15) is 0 Å². The van der Waals surface area contributed by atoms with Crippen molar-refractivity contribution in [1.82, 2.24) is 19.7 Å². The van der Waals surface area contributed by atoms with E-state index < -0.39 is 0 Å². The van der Waals surface area contributed by atoms with Crippen LogP contribution in [0.15, 0.2) is 55.1 Å². The molecule has 1 aromatic carbocycles. The molecule has 0 saturated heterocycles. The van der Waals surface area contributed by atoms with Gasteiger partial charge in [-0.1, -0.05) is 25.5 Å². The normalized spacial score (nSPS) is 10.7. The molecule has 0 atom stereocenters. The number of hydrogen-bond acceptors (Lipinski definition) is 3. The van der Waals surface area contributed by atoms with Crippen LogP contribution in [0.5, 0.6) is 0 Å². The van der Waals surface area contributed by atoms with Crippen molar-refractivity contribution in [3.63, 3.8) is 0 Å². The molecule has 0 N–H and O–H groups in total. The zero-order chi connectivity index (χ0) is 13.8. The van der Waals surface area contributed by atoms with Gasteiger partial charge in [0, 0.05) is 23.6 Å². The topological polar surface area (TPSA) is 43.6 Å². The summed E-state index contributed by atoms with van der Waals surface area (Å²) in [6.07, 6.45) is 7.54. The molecule has 4 nitrogen and oxygen atoms in total. The quantitative estimate of drug-likeness (QED) is 0.726. The number of rotatable bonds is 4. The summed E-state index contributed by atoms with van der Waals surface area (Å²) in [4.78, 5) is 4.03. The van der Waals surface area contributed by atoms with Gasteiger partial charge in [0.25, 0.3) is 0 Å². The lowest BCUT2D eigenvalue weighted by Gasteiger charge is -2.07. The van der Waals surface area contributed by atoms with Gasteiger partial charge in [-0.15, -0.1) is 10.2 Å². The second kappa shape index (κ2) is 5.65. The smallest absolute Gasteiger partial charge is 0.168 e. The molecule has 0 radical (unpaired) electrons. The van der Waals surface area contributed by atoms with Crippen molar-refractivity contribution in [2.45, 2.75) is 19.8 Å². The molecule has 0 spiro atoms. The Labute approximate surface area is 118 Å². The molecule has 0 unspecified atom stereocenters. The zero-order valence-corrected chi connectivity index (χ0v) is 11.4. The van der Waals surface area contributed by atoms with Crippen LogP contribution in [0.2, 0.25) is 0 Å². The van der Waals surface area contributed by atoms with E-state index in [4.69, 9.17) is 0 Å². The molecule has 0 fully saturated rings. The van der Waals surface area contributed by atoms with E-state index in [1.54, 1.807) is 18.7 Å². The van der Waals surface area contributed by atoms with Gasteiger partial charge in [0.05, 0.1) is 0 Å². The first-order valence-electron chi connectivity index (χ1n) is 6.78. The molecule has 0 aliphatic carbocycles. The Hall–Kier alpha value is -2.49. The van der Waals surface area contributed by atoms with E-state index in [1.165, 1.54) is 5.56 Å². The summed E-state index contributed by atoms with van der Waals surface area (Å²) in [6.45, 7) is 2.19. The molecule has 0 aliphatic rings. The van der Waals surface area contributed by atoms with Crippen molar-refractivity contribution in [1.29, 1.82) is 0 Å². The second-order valence-corrected chi connectivity index (χ2v) is 4.68. The molecular formula is C16H16N4. The molecular weight excluding hydrogens is 248 g/mol. The molecule has 20 heavy (non-hydrogen) atoms. The van der Waals surface area contributed by atoms with E-state index in [9.17, 15) is 0 Å². The van der Waals surface area contributed by atoms with Gasteiger partial charge < -0.3 is 0 Å². The van der Waals surface area contributed by atoms with E-state index in [0.29, 0.717) is 0 Å². The molecule has 3 rings (SSSR count). The lowest BCUT2D eigenvalue weighted by Crippen LogP contribution is -1.96. The highest BCUT2D eigenvalue weighted by molar-refractivity contribution is 5.57. The summed E-state index contributed by atoms with van der Waals surface area (Å²) in [5.41, 5.74) is 3.44. The van der Waals surface area contributed by atoms with Gasteiger partial charge in [-0.05, 0) is 36.2 Å². The summed E-state index contributed by atoms with van der Waals surface area (Å²) in [5, 5.41) is 8.23. The van der Waals surface area contributed by atoms with Crippen molar-refractivity contribution in [2.75, 3.05) is 0 Å². The third kappa shape index (κ3) is 2.45. The van der Waals surface area contributed by atoms with Gasteiger partial charge in [0.2, 0.25) is 0 Å². The van der Waals surface area contributed by atoms with E-state index in [-0.39, 0.29) is 0 Å². The van der Waals surface area contributed by atoms with Gasteiger partial charge in [0.1, 0.15) is 6.33 Å². The summed E-state index contributed by atoms with van der Waals surface area (Å²) in [6, 6.07) is 12.4. The molecule has 0 amide bonds. The van der Waals surface area contributed by atoms with Crippen LogP contribution < -0.4 is 0 Å². The van der Waals surface area contributed by atoms with Crippen molar-refractivity contribution in [3.8, 4) is 17.1 Å². The lowest BCUT2D eigenvalue weighted by atomic mass is 10.1. The van der Waals surface area contributed by atoms with Crippen LogP contribution in [0.4, 0.5) is 0 Å². The van der Waals surface area contributed by atoms with E-state index >= 15 is 0 Å². The number of pyridine rings is 1. The molecule has 2 aromatic heterocycles. The van der Waals surface area contributed by atoms with E-state index in [1.807, 2.05) is 16.7 Å². The minimum Gasteiger partial charge on any atom is -0.282 e. The van der Waals surface area contributed by atoms with Crippen molar-refractivity contribution < 1.29 is 0 Å². The van der Waals surface area contributed by atoms with Crippen LogP contribution in [0.1, 0.15) is 18.9 Å². The maximum Gasteiger partial charge on any atom is 0.168 e. The fourth-order valence-electron chi connectivity index (χ4n) is 2.23. The second-order valence-electron chi connectivity index (χ2n) is 4.68. The Morgan fingerprint density at radius 1 is 1.00 bits per heavy atom. The van der Waals surface area contributed by atoms with Gasteiger partial charge >= 0.3 is 0 Å². The van der Waals surface area contributed by atoms with Crippen LogP contribution in [0.3, 0.4) is 0 Å². The number of aryl methyl sites for hydroxylation is 1. The molecule has 3 aromatic rings. The average Bonchev–Trinajstić information content (AvgIpc) is 2.99. The fraction of sp³-hybridized carbons (Fsp3) is 0.188. The Morgan fingerprint density at radius 3 is 2.45 bits per heavy atom. The maximum absolute atomic E-state index is 4.21. The van der Waals surface area contributed by atoms with Crippen LogP contribution in [-0.2, 0) is 6.42 Å². The predicted octanol–water partition coefficient (Wildman–Crippen LogP) is 3.28. The summed E-state index contributed by atoms with van der Waals surface area (Å²) >= 11 is 0. The molecule has 2 heterocycles. The molecule has 0 bridgehead atoms. The third-order valence-corrected chi connectivity index (χ3v) is 3.24. The Bertz CT molecular complexity index is 671.